The lowest BCUT2D eigenvalue weighted by atomic mass is 9.88. The number of amides is 1. The summed E-state index contributed by atoms with van der Waals surface area (Å²) in [5.41, 5.74) is 3.96. The highest BCUT2D eigenvalue weighted by atomic mass is 19.4. The van der Waals surface area contributed by atoms with Crippen LogP contribution in [0.5, 0.6) is 0 Å². The van der Waals surface area contributed by atoms with E-state index in [1.165, 1.54) is 0 Å². The Morgan fingerprint density at radius 1 is 0.778 bits per heavy atom. The molecule has 1 atom stereocenters. The standard InChI is InChI=1S/C22H18F3NO/c1-15(26-21(27)22(23,24)25)20-18(16-9-4-2-5-10-16)13-8-14-19(20)17-11-6-3-7-12-17/h2-15H,1H3,(H,26,27)/t15-/m1/s1. The largest absolute Gasteiger partial charge is 0.471 e. The van der Waals surface area contributed by atoms with Crippen LogP contribution >= 0.6 is 0 Å². The number of carbonyl (C=O) groups is 1. The van der Waals surface area contributed by atoms with Crippen molar-refractivity contribution in [3.05, 3.63) is 84.4 Å². The molecule has 0 fully saturated rings. The van der Waals surface area contributed by atoms with E-state index in [-0.39, 0.29) is 0 Å². The van der Waals surface area contributed by atoms with E-state index in [9.17, 15) is 18.0 Å². The zero-order valence-electron chi connectivity index (χ0n) is 14.6. The summed E-state index contributed by atoms with van der Waals surface area (Å²) < 4.78 is 38.3. The molecule has 2 nitrogen and oxygen atoms in total. The molecule has 27 heavy (non-hydrogen) atoms. The van der Waals surface area contributed by atoms with E-state index in [1.54, 1.807) is 6.92 Å². The minimum Gasteiger partial charge on any atom is -0.342 e. The van der Waals surface area contributed by atoms with Gasteiger partial charge in [0.05, 0.1) is 6.04 Å². The second-order valence-electron chi connectivity index (χ2n) is 6.19. The summed E-state index contributed by atoms with van der Waals surface area (Å²) in [5, 5.41) is 2.09. The summed E-state index contributed by atoms with van der Waals surface area (Å²) in [6.07, 6.45) is -4.93. The third-order valence-electron chi connectivity index (χ3n) is 4.31. The molecule has 0 saturated carbocycles. The van der Waals surface area contributed by atoms with Gasteiger partial charge < -0.3 is 5.32 Å². The highest BCUT2D eigenvalue weighted by molar-refractivity contribution is 5.84. The lowest BCUT2D eigenvalue weighted by Crippen LogP contribution is -2.38. The third kappa shape index (κ3) is 4.19. The number of carbonyl (C=O) groups excluding carboxylic acids is 1. The molecule has 0 bridgehead atoms. The van der Waals surface area contributed by atoms with E-state index in [0.717, 1.165) is 22.3 Å². The Labute approximate surface area is 155 Å². The summed E-state index contributed by atoms with van der Waals surface area (Å²) in [4.78, 5) is 11.5. The molecular weight excluding hydrogens is 351 g/mol. The monoisotopic (exact) mass is 369 g/mol. The average Bonchev–Trinajstić information content (AvgIpc) is 2.68. The van der Waals surface area contributed by atoms with Gasteiger partial charge in [0.2, 0.25) is 0 Å². The first kappa shape index (κ1) is 18.7. The van der Waals surface area contributed by atoms with Gasteiger partial charge >= 0.3 is 12.1 Å². The molecule has 1 N–H and O–H groups in total. The van der Waals surface area contributed by atoms with E-state index in [4.69, 9.17) is 0 Å². The molecule has 0 aliphatic rings. The maximum absolute atomic E-state index is 12.8. The molecule has 138 valence electrons. The fourth-order valence-corrected chi connectivity index (χ4v) is 3.12. The Hall–Kier alpha value is -3.08. The van der Waals surface area contributed by atoms with Gasteiger partial charge in [0, 0.05) is 0 Å². The van der Waals surface area contributed by atoms with Gasteiger partial charge in [-0.1, -0.05) is 78.9 Å². The molecule has 5 heteroatoms. The molecule has 0 unspecified atom stereocenters. The molecular formula is C22H18F3NO. The Morgan fingerprint density at radius 3 is 1.63 bits per heavy atom. The first-order chi connectivity index (χ1) is 12.9. The van der Waals surface area contributed by atoms with Crippen LogP contribution in [0.1, 0.15) is 18.5 Å². The highest BCUT2D eigenvalue weighted by Crippen LogP contribution is 2.36. The SMILES string of the molecule is C[C@@H](NC(=O)C(F)(F)F)c1c(-c2ccccc2)cccc1-c1ccccc1. The Balaban J connectivity index is 2.14. The average molecular weight is 369 g/mol. The van der Waals surface area contributed by atoms with Crippen LogP contribution in [-0.4, -0.2) is 12.1 Å². The number of alkyl halides is 3. The van der Waals surface area contributed by atoms with Crippen molar-refractivity contribution < 1.29 is 18.0 Å². The summed E-state index contributed by atoms with van der Waals surface area (Å²) >= 11 is 0. The molecule has 0 aromatic heterocycles. The van der Waals surface area contributed by atoms with Crippen LogP contribution < -0.4 is 5.32 Å². The summed E-state index contributed by atoms with van der Waals surface area (Å²) in [6, 6.07) is 23.5. The second-order valence-corrected chi connectivity index (χ2v) is 6.19. The third-order valence-corrected chi connectivity index (χ3v) is 4.31. The highest BCUT2D eigenvalue weighted by Gasteiger charge is 2.39. The molecule has 0 spiro atoms. The first-order valence-electron chi connectivity index (χ1n) is 8.49. The van der Waals surface area contributed by atoms with Crippen molar-refractivity contribution in [1.29, 1.82) is 0 Å². The maximum Gasteiger partial charge on any atom is 0.471 e. The molecule has 0 radical (unpaired) electrons. The van der Waals surface area contributed by atoms with Crippen molar-refractivity contribution in [1.82, 2.24) is 5.32 Å². The Kier molecular flexibility index (Phi) is 5.31. The molecule has 1 amide bonds. The van der Waals surface area contributed by atoms with Crippen molar-refractivity contribution in [3.63, 3.8) is 0 Å². The van der Waals surface area contributed by atoms with E-state index in [1.807, 2.05) is 78.9 Å². The molecule has 0 aliphatic carbocycles. The predicted octanol–water partition coefficient (Wildman–Crippen LogP) is 5.76. The topological polar surface area (TPSA) is 29.1 Å². The molecule has 0 aliphatic heterocycles. The van der Waals surface area contributed by atoms with Crippen molar-refractivity contribution in [2.45, 2.75) is 19.1 Å². The van der Waals surface area contributed by atoms with Gasteiger partial charge in [-0.15, -0.1) is 0 Å². The van der Waals surface area contributed by atoms with E-state index in [2.05, 4.69) is 5.32 Å². The van der Waals surface area contributed by atoms with Crippen LogP contribution in [0.15, 0.2) is 78.9 Å². The van der Waals surface area contributed by atoms with Crippen molar-refractivity contribution in [2.24, 2.45) is 0 Å². The number of nitrogens with one attached hydrogen (secondary N) is 1. The van der Waals surface area contributed by atoms with E-state index < -0.39 is 18.1 Å². The Bertz CT molecular complexity index is 864. The first-order valence-corrected chi connectivity index (χ1v) is 8.49. The minimum absolute atomic E-state index is 0.646. The van der Waals surface area contributed by atoms with Gasteiger partial charge in [0.15, 0.2) is 0 Å². The predicted molar refractivity (Wildman–Crippen MR) is 99.9 cm³/mol. The van der Waals surface area contributed by atoms with Crippen LogP contribution in [0.2, 0.25) is 0 Å². The molecule has 0 heterocycles. The number of hydrogen-bond donors (Lipinski definition) is 1. The van der Waals surface area contributed by atoms with Gasteiger partial charge in [-0.3, -0.25) is 4.79 Å². The lowest BCUT2D eigenvalue weighted by molar-refractivity contribution is -0.174. The molecule has 0 saturated heterocycles. The van der Waals surface area contributed by atoms with Gasteiger partial charge in [-0.2, -0.15) is 13.2 Å². The number of halogens is 3. The summed E-state index contributed by atoms with van der Waals surface area (Å²) in [7, 11) is 0. The molecule has 3 aromatic rings. The normalized spacial score (nSPS) is 12.4. The number of benzene rings is 3. The zero-order chi connectivity index (χ0) is 19.4. The summed E-state index contributed by atoms with van der Waals surface area (Å²) in [6.45, 7) is 1.57. The number of rotatable bonds is 4. The number of hydrogen-bond acceptors (Lipinski definition) is 1. The smallest absolute Gasteiger partial charge is 0.342 e. The van der Waals surface area contributed by atoms with Crippen molar-refractivity contribution >= 4 is 5.91 Å². The zero-order valence-corrected chi connectivity index (χ0v) is 14.6. The molecule has 3 rings (SSSR count). The Morgan fingerprint density at radius 2 is 1.22 bits per heavy atom. The van der Waals surface area contributed by atoms with Gasteiger partial charge in [0.1, 0.15) is 0 Å². The maximum atomic E-state index is 12.8. The van der Waals surface area contributed by atoms with Crippen LogP contribution in [0.4, 0.5) is 13.2 Å². The second kappa shape index (κ2) is 7.66. The fourth-order valence-electron chi connectivity index (χ4n) is 3.12. The van der Waals surface area contributed by atoms with Crippen LogP contribution in [0.25, 0.3) is 22.3 Å². The quantitative estimate of drug-likeness (QED) is 0.622. The molecule has 3 aromatic carbocycles. The lowest BCUT2D eigenvalue weighted by Gasteiger charge is -2.23. The van der Waals surface area contributed by atoms with Gasteiger partial charge in [-0.25, -0.2) is 0 Å². The van der Waals surface area contributed by atoms with Crippen molar-refractivity contribution in [2.75, 3.05) is 0 Å². The summed E-state index contributed by atoms with van der Waals surface area (Å²) in [5.74, 6) is -1.95. The van der Waals surface area contributed by atoms with Gasteiger partial charge in [-0.05, 0) is 34.7 Å². The minimum atomic E-state index is -4.93. The van der Waals surface area contributed by atoms with Crippen LogP contribution in [-0.2, 0) is 4.79 Å². The van der Waals surface area contributed by atoms with Crippen molar-refractivity contribution in [3.8, 4) is 22.3 Å². The fraction of sp³-hybridized carbons (Fsp3) is 0.136. The van der Waals surface area contributed by atoms with E-state index in [0.29, 0.717) is 5.56 Å². The van der Waals surface area contributed by atoms with E-state index >= 15 is 0 Å². The van der Waals surface area contributed by atoms with Gasteiger partial charge in [0.25, 0.3) is 0 Å². The van der Waals surface area contributed by atoms with Crippen LogP contribution in [0.3, 0.4) is 0 Å². The van der Waals surface area contributed by atoms with Crippen LogP contribution in [0, 0.1) is 0 Å².